The summed E-state index contributed by atoms with van der Waals surface area (Å²) < 4.78 is 10.6. The molecule has 0 aromatic rings. The second-order valence-corrected chi connectivity index (χ2v) is 2.82. The molecule has 0 unspecified atom stereocenters. The van der Waals surface area contributed by atoms with Crippen molar-refractivity contribution in [2.75, 3.05) is 33.2 Å². The molecule has 0 aromatic carbocycles. The highest BCUT2D eigenvalue weighted by Gasteiger charge is 2.07. The van der Waals surface area contributed by atoms with Crippen LogP contribution in [0.3, 0.4) is 0 Å². The van der Waals surface area contributed by atoms with Crippen molar-refractivity contribution in [3.63, 3.8) is 0 Å². The summed E-state index contributed by atoms with van der Waals surface area (Å²) in [6.07, 6.45) is 2.46. The van der Waals surface area contributed by atoms with Crippen LogP contribution in [-0.4, -0.2) is 38.1 Å². The highest BCUT2D eigenvalue weighted by molar-refractivity contribution is 4.49. The van der Waals surface area contributed by atoms with Crippen LogP contribution in [0.2, 0.25) is 0 Å². The van der Waals surface area contributed by atoms with Crippen molar-refractivity contribution in [2.45, 2.75) is 19.8 Å². The van der Waals surface area contributed by atoms with Gasteiger partial charge in [-0.2, -0.15) is 0 Å². The summed E-state index contributed by atoms with van der Waals surface area (Å²) in [5.41, 5.74) is 0. The fourth-order valence-electron chi connectivity index (χ4n) is 1.05. The number of unbranched alkanes of at least 4 members (excludes halogenated alkanes) is 1. The Balaban J connectivity index is 2.09. The van der Waals surface area contributed by atoms with Crippen molar-refractivity contribution in [1.82, 2.24) is 4.90 Å². The van der Waals surface area contributed by atoms with E-state index in [2.05, 4.69) is 11.8 Å². The zero-order valence-electron chi connectivity index (χ0n) is 7.21. The minimum Gasteiger partial charge on any atom is -0.364 e. The summed E-state index contributed by atoms with van der Waals surface area (Å²) in [5, 5.41) is 0. The first-order valence-electron chi connectivity index (χ1n) is 4.31. The molecule has 1 aliphatic heterocycles. The monoisotopic (exact) mass is 159 g/mol. The largest absolute Gasteiger partial charge is 0.364 e. The molecule has 1 aliphatic rings. The average molecular weight is 159 g/mol. The Morgan fingerprint density at radius 1 is 1.18 bits per heavy atom. The first-order valence-corrected chi connectivity index (χ1v) is 4.31. The fraction of sp³-hybridized carbons (Fsp3) is 1.00. The Kier molecular flexibility index (Phi) is 4.50. The molecule has 1 saturated heterocycles. The van der Waals surface area contributed by atoms with Gasteiger partial charge in [0, 0.05) is 6.54 Å². The van der Waals surface area contributed by atoms with E-state index in [-0.39, 0.29) is 0 Å². The van der Waals surface area contributed by atoms with Gasteiger partial charge in [0.2, 0.25) is 0 Å². The number of nitrogens with zero attached hydrogens (tertiary/aromatic N) is 1. The van der Waals surface area contributed by atoms with E-state index in [0.717, 1.165) is 33.2 Å². The maximum Gasteiger partial charge on any atom is 0.101 e. The topological polar surface area (TPSA) is 21.7 Å². The molecule has 66 valence electrons. The Bertz CT molecular complexity index is 90.1. The van der Waals surface area contributed by atoms with Crippen LogP contribution in [0.5, 0.6) is 0 Å². The molecule has 1 rings (SSSR count). The smallest absolute Gasteiger partial charge is 0.101 e. The molecule has 11 heavy (non-hydrogen) atoms. The lowest BCUT2D eigenvalue weighted by molar-refractivity contribution is 0.0259. The zero-order chi connectivity index (χ0) is 7.94. The fourth-order valence-corrected chi connectivity index (χ4v) is 1.05. The van der Waals surface area contributed by atoms with E-state index >= 15 is 0 Å². The average Bonchev–Trinajstić information content (AvgIpc) is 2.28. The lowest BCUT2D eigenvalue weighted by atomic mass is 10.3. The zero-order valence-corrected chi connectivity index (χ0v) is 7.21. The van der Waals surface area contributed by atoms with Crippen molar-refractivity contribution < 1.29 is 9.47 Å². The summed E-state index contributed by atoms with van der Waals surface area (Å²) in [4.78, 5) is 2.19. The lowest BCUT2D eigenvalue weighted by Crippen LogP contribution is -2.27. The van der Waals surface area contributed by atoms with Gasteiger partial charge in [-0.1, -0.05) is 13.3 Å². The lowest BCUT2D eigenvalue weighted by Gasteiger charge is -2.17. The van der Waals surface area contributed by atoms with Gasteiger partial charge >= 0.3 is 0 Å². The van der Waals surface area contributed by atoms with Crippen LogP contribution in [0.15, 0.2) is 0 Å². The first kappa shape index (κ1) is 8.97. The predicted molar refractivity (Wildman–Crippen MR) is 43.3 cm³/mol. The molecule has 0 radical (unpaired) electrons. The van der Waals surface area contributed by atoms with Crippen LogP contribution < -0.4 is 0 Å². The van der Waals surface area contributed by atoms with Gasteiger partial charge in [0.1, 0.15) is 13.5 Å². The molecule has 0 saturated carbocycles. The molecule has 0 bridgehead atoms. The van der Waals surface area contributed by atoms with Crippen molar-refractivity contribution in [2.24, 2.45) is 0 Å². The van der Waals surface area contributed by atoms with Crippen LogP contribution in [0.4, 0.5) is 0 Å². The van der Waals surface area contributed by atoms with Crippen LogP contribution >= 0.6 is 0 Å². The van der Waals surface area contributed by atoms with Gasteiger partial charge in [-0.15, -0.1) is 0 Å². The van der Waals surface area contributed by atoms with Gasteiger partial charge in [-0.3, -0.25) is 4.90 Å². The molecule has 0 amide bonds. The number of hydrogen-bond donors (Lipinski definition) is 0. The van der Waals surface area contributed by atoms with E-state index in [9.17, 15) is 0 Å². The Labute approximate surface area is 68.3 Å². The van der Waals surface area contributed by atoms with E-state index in [4.69, 9.17) is 9.47 Å². The Hall–Kier alpha value is -0.120. The van der Waals surface area contributed by atoms with Gasteiger partial charge in [-0.05, 0) is 6.42 Å². The molecule has 3 nitrogen and oxygen atoms in total. The van der Waals surface area contributed by atoms with Gasteiger partial charge in [0.05, 0.1) is 13.2 Å². The second kappa shape index (κ2) is 5.52. The molecule has 1 heterocycles. The molecule has 0 aromatic heterocycles. The van der Waals surface area contributed by atoms with E-state index in [0.29, 0.717) is 0 Å². The van der Waals surface area contributed by atoms with Gasteiger partial charge < -0.3 is 9.47 Å². The minimum atomic E-state index is 0.736. The molecule has 0 N–H and O–H groups in total. The number of rotatable bonds is 3. The summed E-state index contributed by atoms with van der Waals surface area (Å²) in [6.45, 7) is 6.24. The summed E-state index contributed by atoms with van der Waals surface area (Å²) in [7, 11) is 0. The van der Waals surface area contributed by atoms with Crippen molar-refractivity contribution >= 4 is 0 Å². The maximum atomic E-state index is 5.31. The van der Waals surface area contributed by atoms with Crippen LogP contribution in [0.1, 0.15) is 19.8 Å². The van der Waals surface area contributed by atoms with Gasteiger partial charge in [0.15, 0.2) is 0 Å². The second-order valence-electron chi connectivity index (χ2n) is 2.82. The maximum absolute atomic E-state index is 5.31. The highest BCUT2D eigenvalue weighted by Crippen LogP contribution is 1.98. The minimum absolute atomic E-state index is 0.736. The summed E-state index contributed by atoms with van der Waals surface area (Å²) in [6, 6.07) is 0. The molecule has 0 aliphatic carbocycles. The highest BCUT2D eigenvalue weighted by atomic mass is 16.6. The van der Waals surface area contributed by atoms with Crippen molar-refractivity contribution in [3.05, 3.63) is 0 Å². The van der Waals surface area contributed by atoms with Crippen LogP contribution in [-0.2, 0) is 9.47 Å². The van der Waals surface area contributed by atoms with Gasteiger partial charge in [0.25, 0.3) is 0 Å². The van der Waals surface area contributed by atoms with Crippen molar-refractivity contribution in [3.8, 4) is 0 Å². The number of hydrogen-bond acceptors (Lipinski definition) is 3. The van der Waals surface area contributed by atoms with Gasteiger partial charge in [-0.25, -0.2) is 0 Å². The van der Waals surface area contributed by atoms with E-state index < -0.39 is 0 Å². The Morgan fingerprint density at radius 2 is 1.82 bits per heavy atom. The first-order chi connectivity index (χ1) is 5.43. The van der Waals surface area contributed by atoms with Crippen molar-refractivity contribution in [1.29, 1.82) is 0 Å². The normalized spacial score (nSPS) is 21.5. The predicted octanol–water partition coefficient (Wildman–Crippen LogP) is 1.05. The molecular formula is C8H17NO2. The SMILES string of the molecule is CCCCN1COCCOC1. The molecule has 0 atom stereocenters. The molecule has 3 heteroatoms. The van der Waals surface area contributed by atoms with E-state index in [1.807, 2.05) is 0 Å². The van der Waals surface area contributed by atoms with Crippen LogP contribution in [0.25, 0.3) is 0 Å². The number of ether oxygens (including phenoxy) is 2. The molecule has 1 fully saturated rings. The quantitative estimate of drug-likeness (QED) is 0.614. The molecular weight excluding hydrogens is 142 g/mol. The molecule has 0 spiro atoms. The van der Waals surface area contributed by atoms with Crippen LogP contribution in [0, 0.1) is 0 Å². The van der Waals surface area contributed by atoms with E-state index in [1.54, 1.807) is 0 Å². The van der Waals surface area contributed by atoms with E-state index in [1.165, 1.54) is 12.8 Å². The third-order valence-corrected chi connectivity index (χ3v) is 1.75. The summed E-state index contributed by atoms with van der Waals surface area (Å²) >= 11 is 0. The summed E-state index contributed by atoms with van der Waals surface area (Å²) in [5.74, 6) is 0. The standard InChI is InChI=1S/C8H17NO2/c1-2-3-4-9-7-10-5-6-11-8-9/h2-8H2,1H3. The Morgan fingerprint density at radius 3 is 2.36 bits per heavy atom. The third-order valence-electron chi connectivity index (χ3n) is 1.75. The third kappa shape index (κ3) is 3.70.